The molecule has 2 aliphatic carbocycles. The average molecular weight is 253 g/mol. The van der Waals surface area contributed by atoms with Gasteiger partial charge in [-0.15, -0.1) is 0 Å². The first-order chi connectivity index (χ1) is 8.85. The van der Waals surface area contributed by atoms with Crippen molar-refractivity contribution in [1.29, 1.82) is 0 Å². The third-order valence-electron chi connectivity index (χ3n) is 4.88. The second-order valence-corrected chi connectivity index (χ2v) is 6.11. The maximum Gasteiger partial charge on any atom is 0.0731 e. The zero-order valence-electron chi connectivity index (χ0n) is 12.3. The van der Waals surface area contributed by atoms with Gasteiger partial charge in [-0.25, -0.2) is 0 Å². The van der Waals surface area contributed by atoms with E-state index in [-0.39, 0.29) is 0 Å². The molecule has 0 aromatic carbocycles. The summed E-state index contributed by atoms with van der Waals surface area (Å²) in [6.07, 6.45) is 13.1. The lowest BCUT2D eigenvalue weighted by molar-refractivity contribution is -0.0851. The molecule has 0 aliphatic heterocycles. The fourth-order valence-electron chi connectivity index (χ4n) is 3.80. The summed E-state index contributed by atoms with van der Waals surface area (Å²) in [7, 11) is 0. The zero-order valence-corrected chi connectivity index (χ0v) is 12.3. The normalized spacial score (nSPS) is 37.7. The second kappa shape index (κ2) is 7.49. The Morgan fingerprint density at radius 3 is 2.28 bits per heavy atom. The van der Waals surface area contributed by atoms with E-state index in [1.165, 1.54) is 57.8 Å². The first-order valence-corrected chi connectivity index (χ1v) is 8.24. The fraction of sp³-hybridized carbons (Fsp3) is 1.00. The Bertz CT molecular complexity index is 229. The molecule has 0 bridgehead atoms. The molecule has 2 rings (SSSR count). The molecular weight excluding hydrogens is 222 g/mol. The number of nitrogens with one attached hydrogen (secondary N) is 1. The number of hydrogen-bond acceptors (Lipinski definition) is 2. The van der Waals surface area contributed by atoms with Crippen LogP contribution in [0, 0.1) is 5.92 Å². The van der Waals surface area contributed by atoms with Crippen molar-refractivity contribution in [2.45, 2.75) is 89.9 Å². The summed E-state index contributed by atoms with van der Waals surface area (Å²) >= 11 is 0. The first kappa shape index (κ1) is 14.3. The van der Waals surface area contributed by atoms with Crippen LogP contribution in [0.1, 0.15) is 71.6 Å². The van der Waals surface area contributed by atoms with Crippen molar-refractivity contribution in [3.8, 4) is 0 Å². The van der Waals surface area contributed by atoms with Crippen LogP contribution in [-0.2, 0) is 4.74 Å². The summed E-state index contributed by atoms with van der Waals surface area (Å²) in [4.78, 5) is 0. The molecule has 2 saturated carbocycles. The van der Waals surface area contributed by atoms with E-state index < -0.39 is 0 Å². The monoisotopic (exact) mass is 253 g/mol. The van der Waals surface area contributed by atoms with Crippen molar-refractivity contribution >= 4 is 0 Å². The van der Waals surface area contributed by atoms with Gasteiger partial charge >= 0.3 is 0 Å². The van der Waals surface area contributed by atoms with E-state index in [0.717, 1.165) is 12.5 Å². The molecule has 4 unspecified atom stereocenters. The highest BCUT2D eigenvalue weighted by Gasteiger charge is 2.31. The largest absolute Gasteiger partial charge is 0.373 e. The molecule has 1 N–H and O–H groups in total. The summed E-state index contributed by atoms with van der Waals surface area (Å²) in [6.45, 7) is 5.61. The lowest BCUT2D eigenvalue weighted by Crippen LogP contribution is -2.46. The Balaban J connectivity index is 1.88. The van der Waals surface area contributed by atoms with Gasteiger partial charge < -0.3 is 10.1 Å². The molecule has 0 aromatic heterocycles. The highest BCUT2D eigenvalue weighted by molar-refractivity contribution is 4.84. The molecule has 2 aliphatic rings. The maximum atomic E-state index is 6.54. The van der Waals surface area contributed by atoms with Gasteiger partial charge in [-0.2, -0.15) is 0 Å². The van der Waals surface area contributed by atoms with E-state index >= 15 is 0 Å². The van der Waals surface area contributed by atoms with Crippen molar-refractivity contribution in [3.05, 3.63) is 0 Å². The standard InChI is InChI=1S/C16H31NO/c1-3-13-9-5-7-11-15(13)18-16-12-8-6-10-14(16)17-4-2/h13-17H,3-12H2,1-2H3. The summed E-state index contributed by atoms with van der Waals surface area (Å²) in [5.74, 6) is 0.822. The first-order valence-electron chi connectivity index (χ1n) is 8.24. The smallest absolute Gasteiger partial charge is 0.0731 e. The quantitative estimate of drug-likeness (QED) is 0.802. The van der Waals surface area contributed by atoms with Crippen molar-refractivity contribution < 1.29 is 4.74 Å². The predicted octanol–water partition coefficient (Wildman–Crippen LogP) is 3.89. The Kier molecular flexibility index (Phi) is 5.97. The van der Waals surface area contributed by atoms with Crippen LogP contribution >= 0.6 is 0 Å². The molecule has 4 atom stereocenters. The Morgan fingerprint density at radius 2 is 1.56 bits per heavy atom. The molecule has 0 saturated heterocycles. The van der Waals surface area contributed by atoms with Crippen LogP contribution in [-0.4, -0.2) is 24.8 Å². The van der Waals surface area contributed by atoms with Gasteiger partial charge in [0, 0.05) is 6.04 Å². The molecule has 0 radical (unpaired) electrons. The third kappa shape index (κ3) is 3.71. The van der Waals surface area contributed by atoms with E-state index in [4.69, 9.17) is 4.74 Å². The second-order valence-electron chi connectivity index (χ2n) is 6.11. The van der Waals surface area contributed by atoms with Crippen LogP contribution in [0.15, 0.2) is 0 Å². The lowest BCUT2D eigenvalue weighted by atomic mass is 9.84. The molecular formula is C16H31NO. The van der Waals surface area contributed by atoms with E-state index in [1.54, 1.807) is 0 Å². The molecule has 0 heterocycles. The van der Waals surface area contributed by atoms with Gasteiger partial charge in [-0.1, -0.05) is 46.0 Å². The highest BCUT2D eigenvalue weighted by atomic mass is 16.5. The summed E-state index contributed by atoms with van der Waals surface area (Å²) in [6, 6.07) is 0.614. The molecule has 2 nitrogen and oxygen atoms in total. The minimum atomic E-state index is 0.482. The van der Waals surface area contributed by atoms with E-state index in [1.807, 2.05) is 0 Å². The van der Waals surface area contributed by atoms with Gasteiger partial charge in [0.05, 0.1) is 12.2 Å². The average Bonchev–Trinajstić information content (AvgIpc) is 2.42. The summed E-state index contributed by atoms with van der Waals surface area (Å²) < 4.78 is 6.54. The van der Waals surface area contributed by atoms with Crippen LogP contribution in [0.2, 0.25) is 0 Å². The number of hydrogen-bond donors (Lipinski definition) is 1. The molecule has 18 heavy (non-hydrogen) atoms. The van der Waals surface area contributed by atoms with Gasteiger partial charge in [0.2, 0.25) is 0 Å². The van der Waals surface area contributed by atoms with E-state index in [0.29, 0.717) is 18.2 Å². The van der Waals surface area contributed by atoms with Crippen LogP contribution in [0.4, 0.5) is 0 Å². The van der Waals surface area contributed by atoms with Crippen molar-refractivity contribution in [2.24, 2.45) is 5.92 Å². The van der Waals surface area contributed by atoms with Crippen LogP contribution in [0.3, 0.4) is 0 Å². The Hall–Kier alpha value is -0.0800. The van der Waals surface area contributed by atoms with Gasteiger partial charge in [0.15, 0.2) is 0 Å². The Labute approximate surface area is 113 Å². The van der Waals surface area contributed by atoms with Crippen LogP contribution in [0.5, 0.6) is 0 Å². The van der Waals surface area contributed by atoms with Crippen molar-refractivity contribution in [1.82, 2.24) is 5.32 Å². The molecule has 2 heteroatoms. The van der Waals surface area contributed by atoms with E-state index in [2.05, 4.69) is 19.2 Å². The summed E-state index contributed by atoms with van der Waals surface area (Å²) in [5.41, 5.74) is 0. The highest BCUT2D eigenvalue weighted by Crippen LogP contribution is 2.32. The number of rotatable bonds is 5. The van der Waals surface area contributed by atoms with Crippen LogP contribution < -0.4 is 5.32 Å². The van der Waals surface area contributed by atoms with Gasteiger partial charge in [-0.05, 0) is 38.1 Å². The van der Waals surface area contributed by atoms with Crippen molar-refractivity contribution in [2.75, 3.05) is 6.54 Å². The predicted molar refractivity (Wildman–Crippen MR) is 76.8 cm³/mol. The molecule has 0 spiro atoms. The molecule has 106 valence electrons. The van der Waals surface area contributed by atoms with Gasteiger partial charge in [0.25, 0.3) is 0 Å². The maximum absolute atomic E-state index is 6.54. The molecule has 0 amide bonds. The number of ether oxygens (including phenoxy) is 1. The van der Waals surface area contributed by atoms with E-state index in [9.17, 15) is 0 Å². The summed E-state index contributed by atoms with van der Waals surface area (Å²) in [5, 5.41) is 3.63. The number of likely N-dealkylation sites (N-methyl/N-ethyl adjacent to an activating group) is 1. The Morgan fingerprint density at radius 1 is 0.889 bits per heavy atom. The lowest BCUT2D eigenvalue weighted by Gasteiger charge is -2.39. The molecule has 0 aromatic rings. The fourth-order valence-corrected chi connectivity index (χ4v) is 3.80. The zero-order chi connectivity index (χ0) is 12.8. The van der Waals surface area contributed by atoms with Crippen molar-refractivity contribution in [3.63, 3.8) is 0 Å². The minimum Gasteiger partial charge on any atom is -0.373 e. The molecule has 2 fully saturated rings. The topological polar surface area (TPSA) is 21.3 Å². The van der Waals surface area contributed by atoms with Gasteiger partial charge in [-0.3, -0.25) is 0 Å². The van der Waals surface area contributed by atoms with Crippen LogP contribution in [0.25, 0.3) is 0 Å². The van der Waals surface area contributed by atoms with Gasteiger partial charge in [0.1, 0.15) is 0 Å². The minimum absolute atomic E-state index is 0.482. The third-order valence-corrected chi connectivity index (χ3v) is 4.88. The SMILES string of the molecule is CCNC1CCCCC1OC1CCCCC1CC.